The van der Waals surface area contributed by atoms with Crippen molar-refractivity contribution in [1.29, 1.82) is 0 Å². The first kappa shape index (κ1) is 12.0. The van der Waals surface area contributed by atoms with E-state index in [1.807, 2.05) is 37.3 Å². The molecule has 2 heteroatoms. The number of carbonyl (C=O) groups excluding carboxylic acids is 2. The highest BCUT2D eigenvalue weighted by Crippen LogP contribution is 2.38. The third-order valence-electron chi connectivity index (χ3n) is 3.78. The number of Topliss-reactive ketones (excluding diaryl/α,β-unsaturated/α-hetero) is 1. The van der Waals surface area contributed by atoms with E-state index in [1.165, 1.54) is 5.56 Å². The second kappa shape index (κ2) is 4.82. The first-order chi connectivity index (χ1) is 8.15. The van der Waals surface area contributed by atoms with Gasteiger partial charge in [-0.15, -0.1) is 0 Å². The summed E-state index contributed by atoms with van der Waals surface area (Å²) < 4.78 is 0. The van der Waals surface area contributed by atoms with Crippen LogP contribution < -0.4 is 0 Å². The third kappa shape index (κ3) is 2.46. The number of ketones is 1. The molecule has 0 radical (unpaired) electrons. The van der Waals surface area contributed by atoms with E-state index < -0.39 is 0 Å². The molecule has 0 saturated heterocycles. The highest BCUT2D eigenvalue weighted by Gasteiger charge is 2.40. The predicted octanol–water partition coefficient (Wildman–Crippen LogP) is 2.80. The summed E-state index contributed by atoms with van der Waals surface area (Å²) in [5.74, 6) is -0.250. The van der Waals surface area contributed by atoms with Crippen molar-refractivity contribution < 1.29 is 9.59 Å². The van der Waals surface area contributed by atoms with Gasteiger partial charge in [-0.2, -0.15) is 0 Å². The van der Waals surface area contributed by atoms with Gasteiger partial charge in [0.2, 0.25) is 0 Å². The van der Waals surface area contributed by atoms with E-state index in [0.29, 0.717) is 0 Å². The smallest absolute Gasteiger partial charge is 0.149 e. The summed E-state index contributed by atoms with van der Waals surface area (Å²) in [4.78, 5) is 23.1. The molecule has 0 heterocycles. The maximum atomic E-state index is 12.3. The average molecular weight is 230 g/mol. The van der Waals surface area contributed by atoms with Crippen molar-refractivity contribution in [3.63, 3.8) is 0 Å². The molecule has 17 heavy (non-hydrogen) atoms. The van der Waals surface area contributed by atoms with Crippen molar-refractivity contribution in [2.75, 3.05) is 0 Å². The molecule has 0 N–H and O–H groups in total. The van der Waals surface area contributed by atoms with E-state index in [-0.39, 0.29) is 17.1 Å². The van der Waals surface area contributed by atoms with Crippen molar-refractivity contribution in [3.8, 4) is 0 Å². The van der Waals surface area contributed by atoms with E-state index in [2.05, 4.69) is 0 Å². The normalized spacial score (nSPS) is 29.0. The van der Waals surface area contributed by atoms with Gasteiger partial charge in [0.1, 0.15) is 12.1 Å². The fraction of sp³-hybridized carbons (Fsp3) is 0.467. The molecule has 2 rings (SSSR count). The summed E-state index contributed by atoms with van der Waals surface area (Å²) in [7, 11) is 0. The number of hydrogen-bond acceptors (Lipinski definition) is 2. The maximum Gasteiger partial charge on any atom is 0.149 e. The summed E-state index contributed by atoms with van der Waals surface area (Å²) in [5, 5.41) is 0. The molecule has 0 spiro atoms. The fourth-order valence-electron chi connectivity index (χ4n) is 2.77. The van der Waals surface area contributed by atoms with Gasteiger partial charge in [0, 0.05) is 5.41 Å². The van der Waals surface area contributed by atoms with Crippen LogP contribution in [0.5, 0.6) is 0 Å². The Morgan fingerprint density at radius 1 is 1.35 bits per heavy atom. The molecule has 90 valence electrons. The zero-order chi connectivity index (χ0) is 12.3. The molecule has 1 aliphatic rings. The minimum Gasteiger partial charge on any atom is -0.303 e. The lowest BCUT2D eigenvalue weighted by atomic mass is 9.67. The Kier molecular flexibility index (Phi) is 3.41. The van der Waals surface area contributed by atoms with Crippen LogP contribution in [0.15, 0.2) is 30.3 Å². The molecule has 1 aromatic carbocycles. The third-order valence-corrected chi connectivity index (χ3v) is 3.78. The lowest BCUT2D eigenvalue weighted by molar-refractivity contribution is -0.138. The summed E-state index contributed by atoms with van der Waals surface area (Å²) in [6.07, 6.45) is 4.16. The zero-order valence-corrected chi connectivity index (χ0v) is 10.2. The number of hydrogen-bond donors (Lipinski definition) is 0. The van der Waals surface area contributed by atoms with E-state index in [0.717, 1.165) is 32.0 Å². The molecular formula is C15H18O2. The molecule has 1 saturated carbocycles. The fourth-order valence-corrected chi connectivity index (χ4v) is 2.77. The van der Waals surface area contributed by atoms with Crippen molar-refractivity contribution in [1.82, 2.24) is 0 Å². The highest BCUT2D eigenvalue weighted by atomic mass is 16.1. The molecule has 2 nitrogen and oxygen atoms in total. The molecule has 1 aliphatic carbocycles. The summed E-state index contributed by atoms with van der Waals surface area (Å²) >= 11 is 0. The second-order valence-electron chi connectivity index (χ2n) is 5.22. The predicted molar refractivity (Wildman–Crippen MR) is 66.7 cm³/mol. The lowest BCUT2D eigenvalue weighted by Crippen LogP contribution is -2.39. The van der Waals surface area contributed by atoms with Crippen LogP contribution in [0.3, 0.4) is 0 Å². The van der Waals surface area contributed by atoms with Crippen molar-refractivity contribution in [2.24, 2.45) is 11.3 Å². The summed E-state index contributed by atoms with van der Waals surface area (Å²) in [6.45, 7) is 2.00. The van der Waals surface area contributed by atoms with Gasteiger partial charge in [0.15, 0.2) is 0 Å². The van der Waals surface area contributed by atoms with Gasteiger partial charge in [-0.05, 0) is 24.8 Å². The SMILES string of the molecule is C[C@@]1(Cc2ccccc2)CCC[C@@H](C=O)C1=O. The Morgan fingerprint density at radius 3 is 2.71 bits per heavy atom. The molecular weight excluding hydrogens is 212 g/mol. The number of carbonyl (C=O) groups is 2. The minimum absolute atomic E-state index is 0.127. The molecule has 2 atom stereocenters. The van der Waals surface area contributed by atoms with Crippen molar-refractivity contribution in [3.05, 3.63) is 35.9 Å². The molecule has 1 fully saturated rings. The zero-order valence-electron chi connectivity index (χ0n) is 10.2. The standard InChI is InChI=1S/C15H18O2/c1-15(10-12-6-3-2-4-7-12)9-5-8-13(11-16)14(15)17/h2-4,6-7,11,13H,5,8-10H2,1H3/t13-,15-/m0/s1. The van der Waals surface area contributed by atoms with Crippen LogP contribution in [0.25, 0.3) is 0 Å². The van der Waals surface area contributed by atoms with Crippen LogP contribution in [0.2, 0.25) is 0 Å². The maximum absolute atomic E-state index is 12.3. The largest absolute Gasteiger partial charge is 0.303 e. The Bertz CT molecular complexity index is 410. The second-order valence-corrected chi connectivity index (χ2v) is 5.22. The lowest BCUT2D eigenvalue weighted by Gasteiger charge is -2.34. The highest BCUT2D eigenvalue weighted by molar-refractivity contribution is 5.97. The monoisotopic (exact) mass is 230 g/mol. The van der Waals surface area contributed by atoms with Crippen LogP contribution in [0.1, 0.15) is 31.7 Å². The number of benzene rings is 1. The van der Waals surface area contributed by atoms with Crippen LogP contribution in [0.4, 0.5) is 0 Å². The van der Waals surface area contributed by atoms with Gasteiger partial charge in [0.05, 0.1) is 5.92 Å². The number of rotatable bonds is 3. The van der Waals surface area contributed by atoms with Gasteiger partial charge in [-0.1, -0.05) is 43.7 Å². The van der Waals surface area contributed by atoms with Crippen LogP contribution in [-0.2, 0) is 16.0 Å². The molecule has 0 aromatic heterocycles. The quantitative estimate of drug-likeness (QED) is 0.591. The summed E-state index contributed by atoms with van der Waals surface area (Å²) in [6, 6.07) is 10.0. The number of aldehydes is 1. The van der Waals surface area contributed by atoms with Gasteiger partial charge in [-0.3, -0.25) is 4.79 Å². The van der Waals surface area contributed by atoms with Crippen LogP contribution in [-0.4, -0.2) is 12.1 Å². The Hall–Kier alpha value is -1.44. The van der Waals surface area contributed by atoms with Crippen molar-refractivity contribution >= 4 is 12.1 Å². The topological polar surface area (TPSA) is 34.1 Å². The Morgan fingerprint density at radius 2 is 2.06 bits per heavy atom. The Labute approximate surface area is 102 Å². The molecule has 0 bridgehead atoms. The minimum atomic E-state index is -0.377. The Balaban J connectivity index is 2.18. The molecule has 0 unspecified atom stereocenters. The van der Waals surface area contributed by atoms with E-state index in [1.54, 1.807) is 0 Å². The van der Waals surface area contributed by atoms with Gasteiger partial charge in [0.25, 0.3) is 0 Å². The first-order valence-corrected chi connectivity index (χ1v) is 6.19. The van der Waals surface area contributed by atoms with Gasteiger partial charge < -0.3 is 4.79 Å². The van der Waals surface area contributed by atoms with Crippen LogP contribution in [0, 0.1) is 11.3 Å². The van der Waals surface area contributed by atoms with Gasteiger partial charge in [-0.25, -0.2) is 0 Å². The molecule has 1 aromatic rings. The first-order valence-electron chi connectivity index (χ1n) is 6.19. The van der Waals surface area contributed by atoms with E-state index >= 15 is 0 Å². The molecule has 0 amide bonds. The average Bonchev–Trinajstić information content (AvgIpc) is 2.34. The molecule has 0 aliphatic heterocycles. The van der Waals surface area contributed by atoms with Crippen LogP contribution >= 0.6 is 0 Å². The van der Waals surface area contributed by atoms with E-state index in [9.17, 15) is 9.59 Å². The van der Waals surface area contributed by atoms with Gasteiger partial charge >= 0.3 is 0 Å². The van der Waals surface area contributed by atoms with E-state index in [4.69, 9.17) is 0 Å². The van der Waals surface area contributed by atoms with Crippen molar-refractivity contribution in [2.45, 2.75) is 32.6 Å². The summed E-state index contributed by atoms with van der Waals surface area (Å²) in [5.41, 5.74) is 0.820.